The number of ether oxygens (including phenoxy) is 1. The Bertz CT molecular complexity index is 353. The van der Waals surface area contributed by atoms with Gasteiger partial charge in [0.05, 0.1) is 6.61 Å². The van der Waals surface area contributed by atoms with E-state index >= 15 is 0 Å². The van der Waals surface area contributed by atoms with Crippen LogP contribution in [0.4, 0.5) is 5.95 Å². The third-order valence-electron chi connectivity index (χ3n) is 2.91. The minimum Gasteiger partial charge on any atom is -0.478 e. The van der Waals surface area contributed by atoms with Crippen LogP contribution in [0.25, 0.3) is 0 Å². The molecule has 0 aromatic carbocycles. The summed E-state index contributed by atoms with van der Waals surface area (Å²) in [6.07, 6.45) is 6.00. The zero-order valence-corrected chi connectivity index (χ0v) is 10.8. The van der Waals surface area contributed by atoms with Crippen molar-refractivity contribution in [3.05, 3.63) is 12.3 Å². The molecule has 1 N–H and O–H groups in total. The summed E-state index contributed by atoms with van der Waals surface area (Å²) >= 11 is 6.07. The molecule has 94 valence electrons. The lowest BCUT2D eigenvalue weighted by molar-refractivity contribution is 0.326. The number of hydrogen-bond acceptors (Lipinski definition) is 4. The van der Waals surface area contributed by atoms with Crippen LogP contribution in [-0.4, -0.2) is 28.0 Å². The zero-order chi connectivity index (χ0) is 12.1. The summed E-state index contributed by atoms with van der Waals surface area (Å²) < 4.78 is 5.34. The smallest absolute Gasteiger partial charge is 0.226 e. The lowest BCUT2D eigenvalue weighted by Gasteiger charge is -2.25. The molecule has 1 heterocycles. The van der Waals surface area contributed by atoms with Gasteiger partial charge >= 0.3 is 0 Å². The Hall–Kier alpha value is -1.03. The van der Waals surface area contributed by atoms with Crippen LogP contribution < -0.4 is 10.1 Å². The molecule has 0 bridgehead atoms. The van der Waals surface area contributed by atoms with Gasteiger partial charge in [0.25, 0.3) is 0 Å². The highest BCUT2D eigenvalue weighted by molar-refractivity contribution is 6.20. The van der Waals surface area contributed by atoms with Gasteiger partial charge in [0.15, 0.2) is 0 Å². The van der Waals surface area contributed by atoms with Gasteiger partial charge in [0, 0.05) is 23.7 Å². The molecule has 0 atom stereocenters. The van der Waals surface area contributed by atoms with Crippen molar-refractivity contribution in [3.8, 4) is 5.88 Å². The number of hydrogen-bond donors (Lipinski definition) is 1. The number of halogens is 1. The van der Waals surface area contributed by atoms with E-state index in [0.717, 1.165) is 25.7 Å². The minimum absolute atomic E-state index is 0.337. The summed E-state index contributed by atoms with van der Waals surface area (Å²) in [4.78, 5) is 8.50. The normalized spacial score (nSPS) is 24.4. The highest BCUT2D eigenvalue weighted by Crippen LogP contribution is 2.24. The van der Waals surface area contributed by atoms with E-state index in [0.29, 0.717) is 29.9 Å². The van der Waals surface area contributed by atoms with Crippen LogP contribution >= 0.6 is 11.6 Å². The number of rotatable bonds is 4. The Labute approximate surface area is 107 Å². The summed E-state index contributed by atoms with van der Waals surface area (Å²) in [5.74, 6) is 1.27. The Balaban J connectivity index is 1.91. The van der Waals surface area contributed by atoms with E-state index in [1.54, 1.807) is 12.3 Å². The molecule has 1 aromatic rings. The average Bonchev–Trinajstić information content (AvgIpc) is 2.33. The molecule has 1 saturated carbocycles. The second-order valence-corrected chi connectivity index (χ2v) is 4.86. The van der Waals surface area contributed by atoms with Gasteiger partial charge in [0.1, 0.15) is 0 Å². The maximum Gasteiger partial charge on any atom is 0.226 e. The van der Waals surface area contributed by atoms with Crippen molar-refractivity contribution in [1.82, 2.24) is 9.97 Å². The van der Waals surface area contributed by atoms with E-state index in [9.17, 15) is 0 Å². The molecule has 2 rings (SSSR count). The van der Waals surface area contributed by atoms with Crippen LogP contribution in [-0.2, 0) is 0 Å². The molecule has 1 aliphatic carbocycles. The summed E-state index contributed by atoms with van der Waals surface area (Å²) in [7, 11) is 0. The van der Waals surface area contributed by atoms with Gasteiger partial charge < -0.3 is 10.1 Å². The molecule has 0 saturated heterocycles. The second kappa shape index (κ2) is 6.05. The van der Waals surface area contributed by atoms with Crippen molar-refractivity contribution in [2.75, 3.05) is 11.9 Å². The van der Waals surface area contributed by atoms with E-state index in [1.807, 2.05) is 6.92 Å². The molecule has 1 fully saturated rings. The third-order valence-corrected chi connectivity index (χ3v) is 3.35. The summed E-state index contributed by atoms with van der Waals surface area (Å²) in [5.41, 5.74) is 0. The van der Waals surface area contributed by atoms with E-state index in [-0.39, 0.29) is 0 Å². The van der Waals surface area contributed by atoms with Gasteiger partial charge in [-0.2, -0.15) is 4.98 Å². The molecule has 17 heavy (non-hydrogen) atoms. The largest absolute Gasteiger partial charge is 0.478 e. The molecule has 1 aromatic heterocycles. The van der Waals surface area contributed by atoms with Crippen molar-refractivity contribution in [2.45, 2.75) is 44.0 Å². The molecule has 5 heteroatoms. The number of nitrogens with one attached hydrogen (secondary N) is 1. The molecule has 1 aliphatic rings. The van der Waals surface area contributed by atoms with Gasteiger partial charge in [-0.15, -0.1) is 11.6 Å². The van der Waals surface area contributed by atoms with Crippen LogP contribution in [0.5, 0.6) is 5.88 Å². The van der Waals surface area contributed by atoms with Gasteiger partial charge in [-0.3, -0.25) is 0 Å². The fraction of sp³-hybridized carbons (Fsp3) is 0.667. The SMILES string of the molecule is CCOc1ccnc(NC2CCC(Cl)CC2)n1. The van der Waals surface area contributed by atoms with Crippen molar-refractivity contribution >= 4 is 17.5 Å². The van der Waals surface area contributed by atoms with Gasteiger partial charge in [0.2, 0.25) is 11.8 Å². The van der Waals surface area contributed by atoms with Crippen molar-refractivity contribution in [3.63, 3.8) is 0 Å². The first-order valence-electron chi connectivity index (χ1n) is 6.14. The Morgan fingerprint density at radius 3 is 2.88 bits per heavy atom. The predicted octanol–water partition coefficient (Wildman–Crippen LogP) is 2.84. The van der Waals surface area contributed by atoms with Crippen LogP contribution in [0, 0.1) is 0 Å². The lowest BCUT2D eigenvalue weighted by atomic mass is 9.95. The number of aromatic nitrogens is 2. The first-order chi connectivity index (χ1) is 8.28. The molecule has 0 aliphatic heterocycles. The number of nitrogens with zero attached hydrogens (tertiary/aromatic N) is 2. The average molecular weight is 256 g/mol. The van der Waals surface area contributed by atoms with Crippen molar-refractivity contribution in [1.29, 1.82) is 0 Å². The van der Waals surface area contributed by atoms with Crippen LogP contribution in [0.1, 0.15) is 32.6 Å². The molecular formula is C12H18ClN3O. The molecule has 0 radical (unpaired) electrons. The van der Waals surface area contributed by atoms with Crippen LogP contribution in [0.2, 0.25) is 0 Å². The van der Waals surface area contributed by atoms with E-state index in [1.165, 1.54) is 0 Å². The highest BCUT2D eigenvalue weighted by Gasteiger charge is 2.19. The number of anilines is 1. The van der Waals surface area contributed by atoms with Crippen LogP contribution in [0.3, 0.4) is 0 Å². The van der Waals surface area contributed by atoms with Gasteiger partial charge in [-0.25, -0.2) is 4.98 Å². The Morgan fingerprint density at radius 2 is 2.18 bits per heavy atom. The highest BCUT2D eigenvalue weighted by atomic mass is 35.5. The zero-order valence-electron chi connectivity index (χ0n) is 10.0. The van der Waals surface area contributed by atoms with Crippen LogP contribution in [0.15, 0.2) is 12.3 Å². The molecule has 0 amide bonds. The predicted molar refractivity (Wildman–Crippen MR) is 68.7 cm³/mol. The summed E-state index contributed by atoms with van der Waals surface area (Å²) in [5, 5.41) is 3.68. The maximum atomic E-state index is 6.07. The van der Waals surface area contributed by atoms with Crippen molar-refractivity contribution in [2.24, 2.45) is 0 Å². The summed E-state index contributed by atoms with van der Waals surface area (Å²) in [6, 6.07) is 2.20. The maximum absolute atomic E-state index is 6.07. The minimum atomic E-state index is 0.337. The quantitative estimate of drug-likeness (QED) is 0.841. The van der Waals surface area contributed by atoms with E-state index < -0.39 is 0 Å². The third kappa shape index (κ3) is 3.73. The monoisotopic (exact) mass is 255 g/mol. The first kappa shape index (κ1) is 12.4. The standard InChI is InChI=1S/C12H18ClN3O/c1-2-17-11-7-8-14-12(16-11)15-10-5-3-9(13)4-6-10/h7-10H,2-6H2,1H3,(H,14,15,16). The lowest BCUT2D eigenvalue weighted by Crippen LogP contribution is -2.27. The Kier molecular flexibility index (Phi) is 4.42. The van der Waals surface area contributed by atoms with E-state index in [4.69, 9.17) is 16.3 Å². The fourth-order valence-corrected chi connectivity index (χ4v) is 2.27. The molecule has 0 unspecified atom stereocenters. The Morgan fingerprint density at radius 1 is 1.41 bits per heavy atom. The number of alkyl halides is 1. The topological polar surface area (TPSA) is 47.0 Å². The second-order valence-electron chi connectivity index (χ2n) is 4.24. The molecular weight excluding hydrogens is 238 g/mol. The van der Waals surface area contributed by atoms with Gasteiger partial charge in [-0.1, -0.05) is 0 Å². The first-order valence-corrected chi connectivity index (χ1v) is 6.58. The molecule has 0 spiro atoms. The van der Waals surface area contributed by atoms with E-state index in [2.05, 4.69) is 15.3 Å². The molecule has 4 nitrogen and oxygen atoms in total. The van der Waals surface area contributed by atoms with Crippen molar-refractivity contribution < 1.29 is 4.74 Å². The summed E-state index contributed by atoms with van der Waals surface area (Å²) in [6.45, 7) is 2.56. The van der Waals surface area contributed by atoms with Gasteiger partial charge in [-0.05, 0) is 32.6 Å². The fourth-order valence-electron chi connectivity index (χ4n) is 2.02.